The van der Waals surface area contributed by atoms with Gasteiger partial charge in [-0.15, -0.1) is 0 Å². The highest BCUT2D eigenvalue weighted by atomic mass is 79.9. The number of benzene rings is 2. The van der Waals surface area contributed by atoms with Crippen LogP contribution in [0.4, 0.5) is 11.4 Å². The Morgan fingerprint density at radius 1 is 1.05 bits per heavy atom. The fourth-order valence-corrected chi connectivity index (χ4v) is 2.11. The van der Waals surface area contributed by atoms with Crippen LogP contribution in [-0.4, -0.2) is 18.4 Å². The SMILES string of the molecule is NC(=O)c1ccc(NCC(=O)Nc2cccc(Br)c2)cc1. The molecule has 0 fully saturated rings. The Morgan fingerprint density at radius 2 is 1.76 bits per heavy atom. The average Bonchev–Trinajstić information content (AvgIpc) is 2.45. The van der Waals surface area contributed by atoms with Gasteiger partial charge in [-0.2, -0.15) is 0 Å². The van der Waals surface area contributed by atoms with Crippen molar-refractivity contribution in [1.82, 2.24) is 0 Å². The highest BCUT2D eigenvalue weighted by molar-refractivity contribution is 9.10. The standard InChI is InChI=1S/C15H14BrN3O2/c16-11-2-1-3-13(8-11)19-14(20)9-18-12-6-4-10(5-7-12)15(17)21/h1-8,18H,9H2,(H2,17,21)(H,19,20). The van der Waals surface area contributed by atoms with Crippen LogP contribution in [0, 0.1) is 0 Å². The minimum absolute atomic E-state index is 0.127. The third-order valence-corrected chi connectivity index (χ3v) is 3.22. The van der Waals surface area contributed by atoms with Crippen molar-refractivity contribution in [2.24, 2.45) is 5.73 Å². The van der Waals surface area contributed by atoms with Crippen molar-refractivity contribution >= 4 is 39.1 Å². The van der Waals surface area contributed by atoms with Crippen molar-refractivity contribution < 1.29 is 9.59 Å². The molecule has 2 rings (SSSR count). The van der Waals surface area contributed by atoms with E-state index >= 15 is 0 Å². The predicted octanol–water partition coefficient (Wildman–Crippen LogP) is 2.60. The monoisotopic (exact) mass is 347 g/mol. The average molecular weight is 348 g/mol. The van der Waals surface area contributed by atoms with Gasteiger partial charge in [-0.25, -0.2) is 0 Å². The topological polar surface area (TPSA) is 84.2 Å². The summed E-state index contributed by atoms with van der Waals surface area (Å²) in [7, 11) is 0. The van der Waals surface area contributed by atoms with Crippen molar-refractivity contribution in [1.29, 1.82) is 0 Å². The lowest BCUT2D eigenvalue weighted by Gasteiger charge is -2.08. The number of carbonyl (C=O) groups is 2. The first-order valence-corrected chi connectivity index (χ1v) is 7.03. The van der Waals surface area contributed by atoms with E-state index in [1.165, 1.54) is 0 Å². The minimum atomic E-state index is -0.478. The summed E-state index contributed by atoms with van der Waals surface area (Å²) < 4.78 is 0.898. The van der Waals surface area contributed by atoms with Gasteiger partial charge in [0.2, 0.25) is 11.8 Å². The van der Waals surface area contributed by atoms with Crippen molar-refractivity contribution in [3.8, 4) is 0 Å². The Hall–Kier alpha value is -2.34. The number of nitrogens with one attached hydrogen (secondary N) is 2. The molecule has 0 aliphatic carbocycles. The van der Waals surface area contributed by atoms with Gasteiger partial charge in [-0.3, -0.25) is 9.59 Å². The summed E-state index contributed by atoms with van der Waals surface area (Å²) >= 11 is 3.34. The number of amides is 2. The van der Waals surface area contributed by atoms with Crippen molar-refractivity contribution in [3.05, 3.63) is 58.6 Å². The van der Waals surface area contributed by atoms with Crippen LogP contribution in [0.25, 0.3) is 0 Å². The summed E-state index contributed by atoms with van der Waals surface area (Å²) in [6.45, 7) is 0.127. The Kier molecular flexibility index (Phi) is 4.94. The quantitative estimate of drug-likeness (QED) is 0.777. The van der Waals surface area contributed by atoms with E-state index in [9.17, 15) is 9.59 Å². The molecule has 0 unspecified atom stereocenters. The van der Waals surface area contributed by atoms with Crippen LogP contribution in [0.2, 0.25) is 0 Å². The van der Waals surface area contributed by atoms with Crippen molar-refractivity contribution in [2.45, 2.75) is 0 Å². The van der Waals surface area contributed by atoms with E-state index in [0.29, 0.717) is 5.56 Å². The summed E-state index contributed by atoms with van der Waals surface area (Å²) in [5.41, 5.74) is 7.05. The first-order chi connectivity index (χ1) is 10.0. The second-order valence-electron chi connectivity index (χ2n) is 4.35. The first-order valence-electron chi connectivity index (χ1n) is 6.24. The van der Waals surface area contributed by atoms with Crippen molar-refractivity contribution in [3.63, 3.8) is 0 Å². The van der Waals surface area contributed by atoms with Gasteiger partial charge in [-0.1, -0.05) is 22.0 Å². The van der Waals surface area contributed by atoms with E-state index in [-0.39, 0.29) is 12.5 Å². The van der Waals surface area contributed by atoms with Gasteiger partial charge in [0.05, 0.1) is 6.54 Å². The number of carbonyl (C=O) groups excluding carboxylic acids is 2. The van der Waals surface area contributed by atoms with Crippen LogP contribution in [-0.2, 0) is 4.79 Å². The largest absolute Gasteiger partial charge is 0.376 e. The number of rotatable bonds is 5. The lowest BCUT2D eigenvalue weighted by atomic mass is 10.2. The summed E-state index contributed by atoms with van der Waals surface area (Å²) in [6.07, 6.45) is 0. The molecule has 2 aromatic rings. The van der Waals surface area contributed by atoms with Gasteiger partial charge < -0.3 is 16.4 Å². The molecule has 4 N–H and O–H groups in total. The number of hydrogen-bond donors (Lipinski definition) is 3. The number of hydrogen-bond acceptors (Lipinski definition) is 3. The molecule has 6 heteroatoms. The second-order valence-corrected chi connectivity index (χ2v) is 5.27. The Labute approximate surface area is 130 Å². The highest BCUT2D eigenvalue weighted by Gasteiger charge is 2.04. The molecular formula is C15H14BrN3O2. The summed E-state index contributed by atoms with van der Waals surface area (Å²) in [6, 6.07) is 14.0. The molecule has 108 valence electrons. The number of halogens is 1. The van der Waals surface area contributed by atoms with Gasteiger partial charge in [0, 0.05) is 21.4 Å². The number of anilines is 2. The predicted molar refractivity (Wildman–Crippen MR) is 86.2 cm³/mol. The normalized spacial score (nSPS) is 9.95. The zero-order chi connectivity index (χ0) is 15.2. The minimum Gasteiger partial charge on any atom is -0.376 e. The van der Waals surface area contributed by atoms with Gasteiger partial charge in [-0.05, 0) is 42.5 Å². The molecule has 2 amide bonds. The molecule has 0 aromatic heterocycles. The van der Waals surface area contributed by atoms with Crippen LogP contribution in [0.15, 0.2) is 53.0 Å². The van der Waals surface area contributed by atoms with Gasteiger partial charge >= 0.3 is 0 Å². The Balaban J connectivity index is 1.87. The van der Waals surface area contributed by atoms with Crippen LogP contribution in [0.1, 0.15) is 10.4 Å². The molecule has 21 heavy (non-hydrogen) atoms. The van der Waals surface area contributed by atoms with Gasteiger partial charge in [0.25, 0.3) is 0 Å². The van der Waals surface area contributed by atoms with Crippen LogP contribution in [0.5, 0.6) is 0 Å². The van der Waals surface area contributed by atoms with E-state index in [4.69, 9.17) is 5.73 Å². The highest BCUT2D eigenvalue weighted by Crippen LogP contribution is 2.15. The van der Waals surface area contributed by atoms with Crippen LogP contribution >= 0.6 is 15.9 Å². The molecule has 2 aromatic carbocycles. The molecule has 0 atom stereocenters. The molecular weight excluding hydrogens is 334 g/mol. The fraction of sp³-hybridized carbons (Fsp3) is 0.0667. The van der Waals surface area contributed by atoms with E-state index in [2.05, 4.69) is 26.6 Å². The molecule has 0 aliphatic heterocycles. The lowest BCUT2D eigenvalue weighted by Crippen LogP contribution is -2.21. The Morgan fingerprint density at radius 3 is 2.38 bits per heavy atom. The molecule has 5 nitrogen and oxygen atoms in total. The third kappa shape index (κ3) is 4.61. The summed E-state index contributed by atoms with van der Waals surface area (Å²) in [5.74, 6) is -0.638. The zero-order valence-electron chi connectivity index (χ0n) is 11.1. The summed E-state index contributed by atoms with van der Waals surface area (Å²) in [4.78, 5) is 22.8. The summed E-state index contributed by atoms with van der Waals surface area (Å²) in [5, 5.41) is 5.75. The molecule has 0 bridgehead atoms. The van der Waals surface area contributed by atoms with E-state index in [0.717, 1.165) is 15.8 Å². The lowest BCUT2D eigenvalue weighted by molar-refractivity contribution is -0.114. The second kappa shape index (κ2) is 6.90. The molecule has 0 saturated heterocycles. The van der Waals surface area contributed by atoms with E-state index < -0.39 is 5.91 Å². The smallest absolute Gasteiger partial charge is 0.248 e. The Bertz CT molecular complexity index is 656. The first kappa shape index (κ1) is 15.1. The van der Waals surface area contributed by atoms with Crippen LogP contribution in [0.3, 0.4) is 0 Å². The van der Waals surface area contributed by atoms with E-state index in [1.807, 2.05) is 24.3 Å². The zero-order valence-corrected chi connectivity index (χ0v) is 12.7. The van der Waals surface area contributed by atoms with Crippen LogP contribution < -0.4 is 16.4 Å². The number of primary amides is 1. The van der Waals surface area contributed by atoms with E-state index in [1.54, 1.807) is 24.3 Å². The maximum absolute atomic E-state index is 11.8. The van der Waals surface area contributed by atoms with Gasteiger partial charge in [0.1, 0.15) is 0 Å². The molecule has 0 saturated carbocycles. The molecule has 0 spiro atoms. The maximum Gasteiger partial charge on any atom is 0.248 e. The fourth-order valence-electron chi connectivity index (χ4n) is 1.71. The molecule has 0 aliphatic rings. The number of nitrogens with two attached hydrogens (primary N) is 1. The molecule has 0 heterocycles. The third-order valence-electron chi connectivity index (χ3n) is 2.73. The maximum atomic E-state index is 11.8. The van der Waals surface area contributed by atoms with Crippen molar-refractivity contribution in [2.75, 3.05) is 17.2 Å². The van der Waals surface area contributed by atoms with Gasteiger partial charge in [0.15, 0.2) is 0 Å². The molecule has 0 radical (unpaired) electrons.